The highest BCUT2D eigenvalue weighted by molar-refractivity contribution is 5.58. The standard InChI is InChI=1S/C20H23N5O/c1-25(13-15-6-4-3-5-7-15)14-17-12-19(24-20(21)23-17)22-16-8-10-18(26-2)11-9-16/h3-12H,13-14H2,1-2H3,(H3,21,22,23,24). The van der Waals surface area contributed by atoms with Gasteiger partial charge in [-0.05, 0) is 36.9 Å². The Labute approximate surface area is 153 Å². The molecule has 3 rings (SSSR count). The Kier molecular flexibility index (Phi) is 5.66. The van der Waals surface area contributed by atoms with Gasteiger partial charge in [0.2, 0.25) is 5.95 Å². The number of nitrogens with zero attached hydrogens (tertiary/aromatic N) is 3. The predicted molar refractivity (Wildman–Crippen MR) is 104 cm³/mol. The van der Waals surface area contributed by atoms with Crippen LogP contribution in [0.2, 0.25) is 0 Å². The van der Waals surface area contributed by atoms with E-state index in [1.807, 2.05) is 48.5 Å². The molecular formula is C20H23N5O. The Morgan fingerprint density at radius 2 is 1.73 bits per heavy atom. The molecule has 1 heterocycles. The van der Waals surface area contributed by atoms with Crippen molar-refractivity contribution in [1.29, 1.82) is 0 Å². The van der Waals surface area contributed by atoms with Gasteiger partial charge in [0.05, 0.1) is 12.8 Å². The molecule has 0 aliphatic rings. The highest BCUT2D eigenvalue weighted by Crippen LogP contribution is 2.20. The van der Waals surface area contributed by atoms with Gasteiger partial charge in [0.1, 0.15) is 11.6 Å². The fraction of sp³-hybridized carbons (Fsp3) is 0.200. The number of hydrogen-bond acceptors (Lipinski definition) is 6. The molecule has 134 valence electrons. The van der Waals surface area contributed by atoms with E-state index < -0.39 is 0 Å². The van der Waals surface area contributed by atoms with Crippen molar-refractivity contribution in [2.45, 2.75) is 13.1 Å². The van der Waals surface area contributed by atoms with E-state index in [4.69, 9.17) is 10.5 Å². The van der Waals surface area contributed by atoms with Crippen molar-refractivity contribution in [2.24, 2.45) is 0 Å². The molecule has 6 heteroatoms. The fourth-order valence-electron chi connectivity index (χ4n) is 2.71. The molecule has 0 aliphatic carbocycles. The molecule has 3 aromatic rings. The lowest BCUT2D eigenvalue weighted by Gasteiger charge is -2.17. The molecule has 6 nitrogen and oxygen atoms in total. The van der Waals surface area contributed by atoms with Gasteiger partial charge in [-0.15, -0.1) is 0 Å². The number of methoxy groups -OCH3 is 1. The van der Waals surface area contributed by atoms with Gasteiger partial charge in [0.25, 0.3) is 0 Å². The third-order valence-electron chi connectivity index (χ3n) is 3.89. The SMILES string of the molecule is COc1ccc(Nc2cc(CN(C)Cc3ccccc3)nc(N)n2)cc1. The zero-order chi connectivity index (χ0) is 18.4. The van der Waals surface area contributed by atoms with E-state index in [2.05, 4.69) is 39.4 Å². The van der Waals surface area contributed by atoms with Crippen LogP contribution in [0, 0.1) is 0 Å². The number of benzene rings is 2. The molecule has 0 saturated heterocycles. The van der Waals surface area contributed by atoms with Gasteiger partial charge in [-0.3, -0.25) is 4.90 Å². The van der Waals surface area contributed by atoms with Crippen LogP contribution in [0.4, 0.5) is 17.5 Å². The molecule has 3 N–H and O–H groups in total. The summed E-state index contributed by atoms with van der Waals surface area (Å²) in [6.45, 7) is 1.52. The number of anilines is 3. The topological polar surface area (TPSA) is 76.3 Å². The Morgan fingerprint density at radius 3 is 2.42 bits per heavy atom. The molecule has 0 bridgehead atoms. The molecule has 0 saturated carbocycles. The first-order valence-electron chi connectivity index (χ1n) is 8.39. The molecule has 0 atom stereocenters. The van der Waals surface area contributed by atoms with Crippen molar-refractivity contribution in [3.63, 3.8) is 0 Å². The summed E-state index contributed by atoms with van der Waals surface area (Å²) in [5.41, 5.74) is 8.92. The lowest BCUT2D eigenvalue weighted by Crippen LogP contribution is -2.18. The summed E-state index contributed by atoms with van der Waals surface area (Å²) in [7, 11) is 3.70. The second-order valence-corrected chi connectivity index (χ2v) is 6.11. The normalized spacial score (nSPS) is 10.7. The average Bonchev–Trinajstić information content (AvgIpc) is 2.62. The Morgan fingerprint density at radius 1 is 1.00 bits per heavy atom. The van der Waals surface area contributed by atoms with Gasteiger partial charge in [0, 0.05) is 24.8 Å². The first kappa shape index (κ1) is 17.7. The van der Waals surface area contributed by atoms with E-state index in [9.17, 15) is 0 Å². The molecule has 1 aromatic heterocycles. The van der Waals surface area contributed by atoms with Crippen LogP contribution in [0.5, 0.6) is 5.75 Å². The highest BCUT2D eigenvalue weighted by atomic mass is 16.5. The Balaban J connectivity index is 1.68. The van der Waals surface area contributed by atoms with Crippen LogP contribution in [0.15, 0.2) is 60.7 Å². The molecule has 0 spiro atoms. The molecule has 26 heavy (non-hydrogen) atoms. The van der Waals surface area contributed by atoms with Crippen LogP contribution in [-0.2, 0) is 13.1 Å². The van der Waals surface area contributed by atoms with Gasteiger partial charge in [-0.25, -0.2) is 4.98 Å². The van der Waals surface area contributed by atoms with Crippen molar-refractivity contribution in [1.82, 2.24) is 14.9 Å². The molecule has 0 fully saturated rings. The fourth-order valence-corrected chi connectivity index (χ4v) is 2.71. The number of rotatable bonds is 7. The Hall–Kier alpha value is -3.12. The first-order chi connectivity index (χ1) is 12.6. The van der Waals surface area contributed by atoms with Crippen molar-refractivity contribution >= 4 is 17.5 Å². The summed E-state index contributed by atoms with van der Waals surface area (Å²) in [5, 5.41) is 3.25. The van der Waals surface area contributed by atoms with E-state index in [0.29, 0.717) is 12.4 Å². The highest BCUT2D eigenvalue weighted by Gasteiger charge is 2.07. The monoisotopic (exact) mass is 349 g/mol. The van der Waals surface area contributed by atoms with Crippen LogP contribution < -0.4 is 15.8 Å². The van der Waals surface area contributed by atoms with E-state index in [-0.39, 0.29) is 5.95 Å². The van der Waals surface area contributed by atoms with Crippen LogP contribution >= 0.6 is 0 Å². The minimum absolute atomic E-state index is 0.256. The van der Waals surface area contributed by atoms with Gasteiger partial charge < -0.3 is 15.8 Å². The van der Waals surface area contributed by atoms with Crippen molar-refractivity contribution in [3.8, 4) is 5.75 Å². The summed E-state index contributed by atoms with van der Waals surface area (Å²) in [4.78, 5) is 10.8. The lowest BCUT2D eigenvalue weighted by molar-refractivity contribution is 0.315. The zero-order valence-electron chi connectivity index (χ0n) is 15.0. The van der Waals surface area contributed by atoms with Gasteiger partial charge in [-0.2, -0.15) is 4.98 Å². The first-order valence-corrected chi connectivity index (χ1v) is 8.39. The predicted octanol–water partition coefficient (Wildman–Crippen LogP) is 3.44. The number of nitrogens with two attached hydrogens (primary N) is 1. The van der Waals surface area contributed by atoms with Crippen LogP contribution in [-0.4, -0.2) is 29.0 Å². The Bertz CT molecular complexity index is 837. The molecule has 2 aromatic carbocycles. The summed E-state index contributed by atoms with van der Waals surface area (Å²) >= 11 is 0. The van der Waals surface area contributed by atoms with Crippen molar-refractivity contribution in [2.75, 3.05) is 25.2 Å². The minimum Gasteiger partial charge on any atom is -0.497 e. The third kappa shape index (κ3) is 4.94. The maximum Gasteiger partial charge on any atom is 0.222 e. The van der Waals surface area contributed by atoms with Crippen LogP contribution in [0.25, 0.3) is 0 Å². The second kappa shape index (κ2) is 8.31. The molecule has 0 aliphatic heterocycles. The van der Waals surface area contributed by atoms with E-state index >= 15 is 0 Å². The summed E-state index contributed by atoms with van der Waals surface area (Å²) < 4.78 is 5.17. The zero-order valence-corrected chi connectivity index (χ0v) is 15.0. The van der Waals surface area contributed by atoms with Crippen molar-refractivity contribution < 1.29 is 4.74 Å². The molecule has 0 unspecified atom stereocenters. The second-order valence-electron chi connectivity index (χ2n) is 6.11. The smallest absolute Gasteiger partial charge is 0.222 e. The van der Waals surface area contributed by atoms with E-state index in [1.165, 1.54) is 5.56 Å². The third-order valence-corrected chi connectivity index (χ3v) is 3.89. The van der Waals surface area contributed by atoms with E-state index in [1.54, 1.807) is 7.11 Å². The minimum atomic E-state index is 0.256. The molecule has 0 amide bonds. The molecule has 0 radical (unpaired) electrons. The van der Waals surface area contributed by atoms with Crippen LogP contribution in [0.1, 0.15) is 11.3 Å². The van der Waals surface area contributed by atoms with E-state index in [0.717, 1.165) is 23.7 Å². The van der Waals surface area contributed by atoms with Crippen molar-refractivity contribution in [3.05, 3.63) is 71.9 Å². The number of aromatic nitrogens is 2. The summed E-state index contributed by atoms with van der Waals surface area (Å²) in [6, 6.07) is 19.9. The maximum atomic E-state index is 5.89. The number of nitrogens with one attached hydrogen (secondary N) is 1. The van der Waals surface area contributed by atoms with Gasteiger partial charge in [-0.1, -0.05) is 30.3 Å². The van der Waals surface area contributed by atoms with Crippen LogP contribution in [0.3, 0.4) is 0 Å². The number of nitrogen functional groups attached to an aromatic ring is 1. The lowest BCUT2D eigenvalue weighted by atomic mass is 10.2. The van der Waals surface area contributed by atoms with Gasteiger partial charge >= 0.3 is 0 Å². The van der Waals surface area contributed by atoms with Gasteiger partial charge in [0.15, 0.2) is 0 Å². The summed E-state index contributed by atoms with van der Waals surface area (Å²) in [6.07, 6.45) is 0. The maximum absolute atomic E-state index is 5.89. The number of ether oxygens (including phenoxy) is 1. The quantitative estimate of drug-likeness (QED) is 0.680. The molecular weight excluding hydrogens is 326 g/mol. The largest absolute Gasteiger partial charge is 0.497 e. The summed E-state index contributed by atoms with van der Waals surface area (Å²) in [5.74, 6) is 1.73. The average molecular weight is 349 g/mol. The number of hydrogen-bond donors (Lipinski definition) is 2.